The molecule has 2 rings (SSSR count). The van der Waals surface area contributed by atoms with E-state index in [0.29, 0.717) is 11.1 Å². The maximum Gasteiger partial charge on any atom is 0.330 e. The van der Waals surface area contributed by atoms with E-state index in [-0.39, 0.29) is 24.2 Å². The van der Waals surface area contributed by atoms with E-state index >= 15 is 0 Å². The molecule has 0 fully saturated rings. The molecule has 0 spiro atoms. The van der Waals surface area contributed by atoms with Crippen molar-refractivity contribution in [3.8, 4) is 0 Å². The number of carbonyl (C=O) groups is 3. The largest absolute Gasteiger partial charge is 0.479 e. The average molecular weight is 377 g/mol. The van der Waals surface area contributed by atoms with Crippen LogP contribution in [0.5, 0.6) is 0 Å². The summed E-state index contributed by atoms with van der Waals surface area (Å²) in [4.78, 5) is 37.7. The van der Waals surface area contributed by atoms with Crippen molar-refractivity contribution in [2.45, 2.75) is 39.7 Å². The van der Waals surface area contributed by atoms with Gasteiger partial charge in [0.1, 0.15) is 5.82 Å². The van der Waals surface area contributed by atoms with Gasteiger partial charge in [-0.25, -0.2) is 9.18 Å². The molecule has 0 aliphatic rings. The van der Waals surface area contributed by atoms with E-state index in [1.807, 2.05) is 13.8 Å². The molecule has 1 amide bonds. The number of carboxylic acids is 1. The minimum absolute atomic E-state index is 0.00235. The smallest absolute Gasteiger partial charge is 0.330 e. The lowest BCUT2D eigenvalue weighted by molar-refractivity contribution is -0.142. The summed E-state index contributed by atoms with van der Waals surface area (Å²) in [6.07, 6.45) is -0.116. The minimum atomic E-state index is -1.29. The summed E-state index contributed by atoms with van der Waals surface area (Å²) < 4.78 is 13.4. The van der Waals surface area contributed by atoms with Gasteiger partial charge in [0.2, 0.25) is 5.91 Å². The molecule has 1 unspecified atom stereocenters. The van der Waals surface area contributed by atoms with Crippen molar-refractivity contribution in [2.24, 2.45) is 0 Å². The van der Waals surface area contributed by atoms with Gasteiger partial charge in [0.05, 0.1) is 0 Å². The molecule has 7 heteroatoms. The first-order valence-corrected chi connectivity index (χ1v) is 8.89. The fourth-order valence-electron chi connectivity index (χ4n) is 2.64. The minimum Gasteiger partial charge on any atom is -0.479 e. The molecule has 1 heterocycles. The summed E-state index contributed by atoms with van der Waals surface area (Å²) in [5.41, 5.74) is 1.17. The molecule has 0 aliphatic heterocycles. The number of hydrogen-bond donors (Lipinski definition) is 2. The number of ketones is 1. The van der Waals surface area contributed by atoms with Crippen molar-refractivity contribution in [1.29, 1.82) is 0 Å². The van der Waals surface area contributed by atoms with E-state index in [0.717, 1.165) is 15.8 Å². The highest BCUT2D eigenvalue weighted by atomic mass is 32.1. The third-order valence-corrected chi connectivity index (χ3v) is 4.95. The fraction of sp³-hybridized carbons (Fsp3) is 0.316. The van der Waals surface area contributed by atoms with Gasteiger partial charge in [-0.15, -0.1) is 11.3 Å². The zero-order valence-corrected chi connectivity index (χ0v) is 15.6. The van der Waals surface area contributed by atoms with Gasteiger partial charge in [0.25, 0.3) is 0 Å². The van der Waals surface area contributed by atoms with Crippen molar-refractivity contribution in [3.63, 3.8) is 0 Å². The van der Waals surface area contributed by atoms with Gasteiger partial charge in [-0.3, -0.25) is 9.59 Å². The quantitative estimate of drug-likeness (QED) is 0.721. The summed E-state index contributed by atoms with van der Waals surface area (Å²) in [5.74, 6) is -2.39. The number of halogens is 1. The molecule has 1 aromatic carbocycles. The zero-order chi connectivity index (χ0) is 19.4. The summed E-state index contributed by atoms with van der Waals surface area (Å²) in [5, 5.41) is 11.8. The molecule has 138 valence electrons. The Hall–Kier alpha value is -2.54. The Labute approximate surface area is 154 Å². The standard InChI is InChI=1S/C19H20FNO4S/c1-10-8-13(4-5-15(10)20)18(19(24)25)21-17(23)7-6-16(22)14-9-11(2)26-12(14)3/h4-5,8-9,18H,6-7H2,1-3H3,(H,21,23)(H,24,25). The van der Waals surface area contributed by atoms with Crippen LogP contribution in [0.4, 0.5) is 4.39 Å². The molecule has 5 nitrogen and oxygen atoms in total. The summed E-state index contributed by atoms with van der Waals surface area (Å²) >= 11 is 1.52. The molecular weight excluding hydrogens is 357 g/mol. The summed E-state index contributed by atoms with van der Waals surface area (Å²) in [6.45, 7) is 5.27. The predicted molar refractivity (Wildman–Crippen MR) is 97.0 cm³/mol. The molecule has 0 bridgehead atoms. The highest BCUT2D eigenvalue weighted by Crippen LogP contribution is 2.22. The molecule has 2 aromatic rings. The van der Waals surface area contributed by atoms with E-state index in [4.69, 9.17) is 0 Å². The lowest BCUT2D eigenvalue weighted by Crippen LogP contribution is -2.34. The van der Waals surface area contributed by atoms with Gasteiger partial charge in [-0.2, -0.15) is 0 Å². The normalized spacial score (nSPS) is 11.8. The average Bonchev–Trinajstić information content (AvgIpc) is 2.91. The lowest BCUT2D eigenvalue weighted by atomic mass is 10.0. The zero-order valence-electron chi connectivity index (χ0n) is 14.8. The van der Waals surface area contributed by atoms with Crippen LogP contribution in [0.2, 0.25) is 0 Å². The third kappa shape index (κ3) is 4.76. The monoisotopic (exact) mass is 377 g/mol. The highest BCUT2D eigenvalue weighted by molar-refractivity contribution is 7.12. The van der Waals surface area contributed by atoms with Crippen molar-refractivity contribution in [2.75, 3.05) is 0 Å². The van der Waals surface area contributed by atoms with E-state index in [9.17, 15) is 23.9 Å². The van der Waals surface area contributed by atoms with Crippen molar-refractivity contribution >= 4 is 29.0 Å². The van der Waals surface area contributed by atoms with Gasteiger partial charge in [-0.1, -0.05) is 12.1 Å². The Balaban J connectivity index is 2.01. The van der Waals surface area contributed by atoms with Crippen LogP contribution in [0, 0.1) is 26.6 Å². The van der Waals surface area contributed by atoms with Crippen LogP contribution in [0.15, 0.2) is 24.3 Å². The number of aryl methyl sites for hydroxylation is 3. The first-order valence-electron chi connectivity index (χ1n) is 8.07. The number of Topliss-reactive ketones (excluding diaryl/α,β-unsaturated/α-hetero) is 1. The Kier molecular flexibility index (Phi) is 6.26. The Morgan fingerprint density at radius 1 is 1.15 bits per heavy atom. The maximum atomic E-state index is 13.4. The number of aliphatic carboxylic acids is 1. The van der Waals surface area contributed by atoms with Gasteiger partial charge >= 0.3 is 5.97 Å². The fourth-order valence-corrected chi connectivity index (χ4v) is 3.58. The number of thiophene rings is 1. The van der Waals surface area contributed by atoms with Crippen molar-refractivity contribution < 1.29 is 23.9 Å². The number of amides is 1. The number of nitrogens with one attached hydrogen (secondary N) is 1. The Morgan fingerprint density at radius 3 is 2.38 bits per heavy atom. The van der Waals surface area contributed by atoms with Crippen LogP contribution in [0.1, 0.15) is 50.1 Å². The van der Waals surface area contributed by atoms with E-state index in [2.05, 4.69) is 5.32 Å². The summed E-state index contributed by atoms with van der Waals surface area (Å²) in [6, 6.07) is 4.38. The maximum absolute atomic E-state index is 13.4. The predicted octanol–water partition coefficient (Wildman–Crippen LogP) is 3.72. The number of benzene rings is 1. The second-order valence-corrected chi connectivity index (χ2v) is 7.56. The van der Waals surface area contributed by atoms with Crippen LogP contribution in [0.3, 0.4) is 0 Å². The first kappa shape index (κ1) is 19.8. The topological polar surface area (TPSA) is 83.5 Å². The van der Waals surface area contributed by atoms with Crippen LogP contribution < -0.4 is 5.32 Å². The molecule has 0 saturated heterocycles. The Morgan fingerprint density at radius 2 is 1.85 bits per heavy atom. The van der Waals surface area contributed by atoms with Crippen molar-refractivity contribution in [3.05, 3.63) is 56.5 Å². The molecule has 0 aliphatic carbocycles. The van der Waals surface area contributed by atoms with Crippen LogP contribution in [-0.2, 0) is 9.59 Å². The molecule has 26 heavy (non-hydrogen) atoms. The second-order valence-electron chi connectivity index (χ2n) is 6.10. The Bertz CT molecular complexity index is 859. The van der Waals surface area contributed by atoms with Crippen LogP contribution >= 0.6 is 11.3 Å². The molecule has 1 atom stereocenters. The third-order valence-electron chi connectivity index (χ3n) is 3.99. The number of carbonyl (C=O) groups excluding carboxylic acids is 2. The SMILES string of the molecule is Cc1cc(C(=O)CCC(=O)NC(C(=O)O)c2ccc(F)c(C)c2)c(C)s1. The van der Waals surface area contributed by atoms with Gasteiger partial charge in [-0.05, 0) is 44.0 Å². The van der Waals surface area contributed by atoms with Gasteiger partial charge in [0, 0.05) is 28.2 Å². The first-order chi connectivity index (χ1) is 12.2. The molecule has 0 saturated carbocycles. The molecular formula is C19H20FNO4S. The number of hydrogen-bond acceptors (Lipinski definition) is 4. The molecule has 0 radical (unpaired) electrons. The van der Waals surface area contributed by atoms with E-state index < -0.39 is 23.7 Å². The van der Waals surface area contributed by atoms with Gasteiger partial charge < -0.3 is 10.4 Å². The number of rotatable bonds is 7. The summed E-state index contributed by atoms with van der Waals surface area (Å²) in [7, 11) is 0. The van der Waals surface area contributed by atoms with E-state index in [1.165, 1.54) is 30.4 Å². The molecule has 2 N–H and O–H groups in total. The number of carboxylic acid groups (broad SMARTS) is 1. The second kappa shape index (κ2) is 8.23. The van der Waals surface area contributed by atoms with Crippen molar-refractivity contribution in [1.82, 2.24) is 5.32 Å². The van der Waals surface area contributed by atoms with Crippen LogP contribution in [-0.4, -0.2) is 22.8 Å². The lowest BCUT2D eigenvalue weighted by Gasteiger charge is -2.15. The van der Waals surface area contributed by atoms with Crippen LogP contribution in [0.25, 0.3) is 0 Å². The molecule has 1 aromatic heterocycles. The van der Waals surface area contributed by atoms with Gasteiger partial charge in [0.15, 0.2) is 11.8 Å². The van der Waals surface area contributed by atoms with E-state index in [1.54, 1.807) is 6.07 Å². The highest BCUT2D eigenvalue weighted by Gasteiger charge is 2.23.